The molecule has 2 rings (SSSR count). The molecule has 0 saturated carbocycles. The molecule has 0 bridgehead atoms. The quantitative estimate of drug-likeness (QED) is 0.831. The maximum absolute atomic E-state index is 11.1. The van der Waals surface area contributed by atoms with E-state index in [1.807, 2.05) is 12.1 Å². The van der Waals surface area contributed by atoms with Crippen LogP contribution in [0.5, 0.6) is 0 Å². The standard InChI is InChI=1S/C13H17NO2/c1-8(2)14-9(3)7-11-10(13(15)16)5-4-6-12(11)14/h4-6,8-9H,7H2,1-3H3,(H,15,16). The number of hydrogen-bond acceptors (Lipinski definition) is 2. The number of benzene rings is 1. The molecule has 1 atom stereocenters. The van der Waals surface area contributed by atoms with Gasteiger partial charge in [-0.1, -0.05) is 6.07 Å². The molecule has 1 heterocycles. The fourth-order valence-corrected chi connectivity index (χ4v) is 2.65. The average Bonchev–Trinajstić information content (AvgIpc) is 2.52. The maximum Gasteiger partial charge on any atom is 0.336 e. The molecule has 3 heteroatoms. The first-order valence-electron chi connectivity index (χ1n) is 5.66. The fourth-order valence-electron chi connectivity index (χ4n) is 2.65. The van der Waals surface area contributed by atoms with Crippen LogP contribution in [-0.2, 0) is 6.42 Å². The lowest BCUT2D eigenvalue weighted by molar-refractivity contribution is 0.0696. The van der Waals surface area contributed by atoms with E-state index in [-0.39, 0.29) is 0 Å². The molecule has 1 aliphatic heterocycles. The van der Waals surface area contributed by atoms with E-state index in [0.717, 1.165) is 17.7 Å². The van der Waals surface area contributed by atoms with Crippen molar-refractivity contribution in [1.29, 1.82) is 0 Å². The highest BCUT2D eigenvalue weighted by Gasteiger charge is 2.30. The Balaban J connectivity index is 2.52. The molecule has 0 radical (unpaired) electrons. The van der Waals surface area contributed by atoms with Gasteiger partial charge >= 0.3 is 5.97 Å². The third-order valence-corrected chi connectivity index (χ3v) is 3.19. The summed E-state index contributed by atoms with van der Waals surface area (Å²) in [5.74, 6) is -0.824. The number of anilines is 1. The Kier molecular flexibility index (Phi) is 2.62. The number of carboxylic acids is 1. The molecule has 3 nitrogen and oxygen atoms in total. The maximum atomic E-state index is 11.1. The van der Waals surface area contributed by atoms with Crippen molar-refractivity contribution in [3.8, 4) is 0 Å². The van der Waals surface area contributed by atoms with Gasteiger partial charge in [-0.25, -0.2) is 4.79 Å². The van der Waals surface area contributed by atoms with Crippen molar-refractivity contribution in [3.05, 3.63) is 29.3 Å². The third-order valence-electron chi connectivity index (χ3n) is 3.19. The first-order valence-corrected chi connectivity index (χ1v) is 5.66. The van der Waals surface area contributed by atoms with Crippen molar-refractivity contribution in [3.63, 3.8) is 0 Å². The van der Waals surface area contributed by atoms with Gasteiger partial charge in [-0.05, 0) is 44.9 Å². The van der Waals surface area contributed by atoms with Crippen LogP contribution >= 0.6 is 0 Å². The molecule has 0 fully saturated rings. The molecular formula is C13H17NO2. The molecule has 16 heavy (non-hydrogen) atoms. The predicted octanol–water partition coefficient (Wildman–Crippen LogP) is 2.54. The van der Waals surface area contributed by atoms with E-state index >= 15 is 0 Å². The summed E-state index contributed by atoms with van der Waals surface area (Å²) in [4.78, 5) is 13.4. The van der Waals surface area contributed by atoms with Gasteiger partial charge in [-0.3, -0.25) is 0 Å². The van der Waals surface area contributed by atoms with Crippen LogP contribution in [-0.4, -0.2) is 23.2 Å². The summed E-state index contributed by atoms with van der Waals surface area (Å²) < 4.78 is 0. The van der Waals surface area contributed by atoms with Crippen LogP contribution in [0, 0.1) is 0 Å². The Bertz CT molecular complexity index is 426. The van der Waals surface area contributed by atoms with Crippen LogP contribution in [0.4, 0.5) is 5.69 Å². The van der Waals surface area contributed by atoms with Gasteiger partial charge in [-0.15, -0.1) is 0 Å². The molecule has 1 N–H and O–H groups in total. The van der Waals surface area contributed by atoms with E-state index in [1.54, 1.807) is 6.07 Å². The largest absolute Gasteiger partial charge is 0.478 e. The molecule has 0 amide bonds. The molecule has 1 unspecified atom stereocenters. The predicted molar refractivity (Wildman–Crippen MR) is 64.2 cm³/mol. The molecule has 1 aliphatic rings. The fraction of sp³-hybridized carbons (Fsp3) is 0.462. The highest BCUT2D eigenvalue weighted by Crippen LogP contribution is 2.35. The Morgan fingerprint density at radius 3 is 2.75 bits per heavy atom. The normalized spacial score (nSPS) is 19.0. The first-order chi connectivity index (χ1) is 7.52. The van der Waals surface area contributed by atoms with Crippen LogP contribution < -0.4 is 4.90 Å². The van der Waals surface area contributed by atoms with E-state index in [0.29, 0.717) is 17.6 Å². The number of nitrogens with zero attached hydrogens (tertiary/aromatic N) is 1. The molecule has 1 aromatic carbocycles. The minimum absolute atomic E-state index is 0.385. The van der Waals surface area contributed by atoms with Gasteiger partial charge in [0.15, 0.2) is 0 Å². The van der Waals surface area contributed by atoms with Gasteiger partial charge in [0.25, 0.3) is 0 Å². The van der Waals surface area contributed by atoms with Gasteiger partial charge in [0.05, 0.1) is 5.56 Å². The van der Waals surface area contributed by atoms with Crippen molar-refractivity contribution >= 4 is 11.7 Å². The lowest BCUT2D eigenvalue weighted by Crippen LogP contribution is -2.35. The smallest absolute Gasteiger partial charge is 0.336 e. The molecule has 1 aromatic rings. The highest BCUT2D eigenvalue weighted by molar-refractivity contribution is 5.92. The molecule has 0 aromatic heterocycles. The number of rotatable bonds is 2. The van der Waals surface area contributed by atoms with Crippen molar-refractivity contribution < 1.29 is 9.90 Å². The van der Waals surface area contributed by atoms with Gasteiger partial charge in [0.1, 0.15) is 0 Å². The number of fused-ring (bicyclic) bond motifs is 1. The summed E-state index contributed by atoms with van der Waals surface area (Å²) >= 11 is 0. The van der Waals surface area contributed by atoms with E-state index in [9.17, 15) is 4.79 Å². The number of carbonyl (C=O) groups is 1. The number of aromatic carboxylic acids is 1. The summed E-state index contributed by atoms with van der Waals surface area (Å²) in [5.41, 5.74) is 2.52. The lowest BCUT2D eigenvalue weighted by atomic mass is 10.0. The van der Waals surface area contributed by atoms with E-state index in [4.69, 9.17) is 5.11 Å². The second-order valence-electron chi connectivity index (χ2n) is 4.66. The molecule has 0 saturated heterocycles. The number of hydrogen-bond donors (Lipinski definition) is 1. The second kappa shape index (κ2) is 3.81. The van der Waals surface area contributed by atoms with Gasteiger partial charge in [-0.2, -0.15) is 0 Å². The van der Waals surface area contributed by atoms with Gasteiger partial charge in [0.2, 0.25) is 0 Å². The second-order valence-corrected chi connectivity index (χ2v) is 4.66. The van der Waals surface area contributed by atoms with Crippen molar-refractivity contribution in [2.24, 2.45) is 0 Å². The summed E-state index contributed by atoms with van der Waals surface area (Å²) in [6.07, 6.45) is 0.829. The summed E-state index contributed by atoms with van der Waals surface area (Å²) in [5, 5.41) is 9.14. The van der Waals surface area contributed by atoms with Crippen molar-refractivity contribution in [1.82, 2.24) is 0 Å². The molecule has 86 valence electrons. The summed E-state index contributed by atoms with van der Waals surface area (Å²) in [6.45, 7) is 6.42. The molecule has 0 spiro atoms. The van der Waals surface area contributed by atoms with Gasteiger partial charge in [0, 0.05) is 17.8 Å². The zero-order valence-corrected chi connectivity index (χ0v) is 9.90. The van der Waals surface area contributed by atoms with Crippen LogP contribution in [0.3, 0.4) is 0 Å². The molecule has 0 aliphatic carbocycles. The van der Waals surface area contributed by atoms with Crippen LogP contribution in [0.1, 0.15) is 36.7 Å². The number of carboxylic acid groups (broad SMARTS) is 1. The van der Waals surface area contributed by atoms with Gasteiger partial charge < -0.3 is 10.0 Å². The minimum Gasteiger partial charge on any atom is -0.478 e. The average molecular weight is 219 g/mol. The molecular weight excluding hydrogens is 202 g/mol. The highest BCUT2D eigenvalue weighted by atomic mass is 16.4. The lowest BCUT2D eigenvalue weighted by Gasteiger charge is -2.29. The summed E-state index contributed by atoms with van der Waals surface area (Å²) in [7, 11) is 0. The topological polar surface area (TPSA) is 40.5 Å². The van der Waals surface area contributed by atoms with Crippen LogP contribution in [0.15, 0.2) is 18.2 Å². The first kappa shape index (κ1) is 11.0. The van der Waals surface area contributed by atoms with Crippen LogP contribution in [0.2, 0.25) is 0 Å². The zero-order valence-electron chi connectivity index (χ0n) is 9.90. The SMILES string of the molecule is CC(C)N1c2cccc(C(=O)O)c2CC1C. The Labute approximate surface area is 95.7 Å². The Morgan fingerprint density at radius 2 is 2.19 bits per heavy atom. The third kappa shape index (κ3) is 1.56. The van der Waals surface area contributed by atoms with Crippen molar-refractivity contribution in [2.45, 2.75) is 39.3 Å². The van der Waals surface area contributed by atoms with E-state index in [1.165, 1.54) is 0 Å². The monoisotopic (exact) mass is 219 g/mol. The van der Waals surface area contributed by atoms with Crippen LogP contribution in [0.25, 0.3) is 0 Å². The van der Waals surface area contributed by atoms with Crippen molar-refractivity contribution in [2.75, 3.05) is 4.90 Å². The summed E-state index contributed by atoms with van der Waals surface area (Å²) in [6, 6.07) is 6.33. The Morgan fingerprint density at radius 1 is 1.50 bits per heavy atom. The minimum atomic E-state index is -0.824. The van der Waals surface area contributed by atoms with E-state index in [2.05, 4.69) is 25.7 Å². The Hall–Kier alpha value is -1.51. The van der Waals surface area contributed by atoms with E-state index < -0.39 is 5.97 Å². The zero-order chi connectivity index (χ0) is 11.9.